The van der Waals surface area contributed by atoms with E-state index in [1.807, 2.05) is 121 Å². The summed E-state index contributed by atoms with van der Waals surface area (Å²) >= 11 is 0. The van der Waals surface area contributed by atoms with Gasteiger partial charge in [-0.2, -0.15) is 72.6 Å². The van der Waals surface area contributed by atoms with Gasteiger partial charge in [-0.25, -0.2) is 0 Å². The first-order chi connectivity index (χ1) is 68.1. The van der Waals surface area contributed by atoms with E-state index in [0.29, 0.717) is 91.9 Å². The minimum atomic E-state index is -4.59. The Balaban J connectivity index is 0.000000185. The smallest absolute Gasteiger partial charge is 0.421 e. The molecule has 4 radical (unpaired) electrons. The van der Waals surface area contributed by atoms with E-state index >= 15 is 0 Å². The van der Waals surface area contributed by atoms with Gasteiger partial charge in [0.2, 0.25) is 35.5 Å². The second kappa shape index (κ2) is 53.1. The molecule has 0 bridgehead atoms. The van der Waals surface area contributed by atoms with E-state index in [9.17, 15) is 81.9 Å². The Morgan fingerprint density at radius 1 is 0.260 bits per heavy atom. The summed E-state index contributed by atoms with van der Waals surface area (Å²) in [6.07, 6.45) is -14.9. The van der Waals surface area contributed by atoms with Gasteiger partial charge in [0, 0.05) is 115 Å². The zero-order valence-electron chi connectivity index (χ0n) is 75.4. The molecule has 20 rings (SSSR count). The van der Waals surface area contributed by atoms with Crippen LogP contribution >= 0.6 is 0 Å². The van der Waals surface area contributed by atoms with Gasteiger partial charge in [0.1, 0.15) is 23.0 Å². The number of hydrogen-bond acceptors (Lipinski definition) is 24. The molecule has 0 spiro atoms. The van der Waals surface area contributed by atoms with E-state index in [-0.39, 0.29) is 149 Å². The topological polar surface area (TPSA) is 340 Å². The molecular formula is C104H70F14Ir4N16O8-4. The Hall–Kier alpha value is -15.7. The molecule has 0 amide bonds. The fraction of sp³-hybridized carbons (Fsp3) is 0.0769. The van der Waals surface area contributed by atoms with Crippen LogP contribution in [0.1, 0.15) is 45.6 Å². The van der Waals surface area contributed by atoms with E-state index < -0.39 is 59.4 Å². The summed E-state index contributed by atoms with van der Waals surface area (Å²) in [7, 11) is 0. The number of aromatic nitrogens is 16. The molecule has 42 heteroatoms. The maximum absolute atomic E-state index is 12.9. The Bertz CT molecular complexity index is 7070. The average Bonchev–Trinajstić information content (AvgIpc) is 1.37. The number of phenolic OH excluding ortho intramolecular Hbond substituents is 4. The van der Waals surface area contributed by atoms with Crippen molar-refractivity contribution in [3.8, 4) is 160 Å². The van der Waals surface area contributed by atoms with Gasteiger partial charge in [0.15, 0.2) is 0 Å². The number of aromatic hydroxyl groups is 4. The Morgan fingerprint density at radius 3 is 0.801 bits per heavy atom. The Labute approximate surface area is 875 Å². The number of alkyl halides is 12. The van der Waals surface area contributed by atoms with Crippen LogP contribution in [0.5, 0.6) is 23.0 Å². The predicted octanol–water partition coefficient (Wildman–Crippen LogP) is 25.8. The van der Waals surface area contributed by atoms with Gasteiger partial charge in [-0.15, -0.1) is 100 Å². The number of phenols is 4. The monoisotopic (exact) mass is 2710 g/mol. The van der Waals surface area contributed by atoms with E-state index in [1.165, 1.54) is 70.3 Å². The number of benzene rings is 8. The van der Waals surface area contributed by atoms with Crippen molar-refractivity contribution in [2.45, 2.75) is 52.4 Å². The van der Waals surface area contributed by atoms with Crippen LogP contribution in [-0.4, -0.2) is 101 Å². The van der Waals surface area contributed by atoms with Gasteiger partial charge in [0.05, 0.1) is 45.0 Å². The van der Waals surface area contributed by atoms with E-state index in [0.717, 1.165) is 46.5 Å². The molecule has 24 nitrogen and oxygen atoms in total. The van der Waals surface area contributed by atoms with Crippen molar-refractivity contribution in [3.63, 3.8) is 0 Å². The van der Waals surface area contributed by atoms with Gasteiger partial charge in [-0.1, -0.05) is 184 Å². The van der Waals surface area contributed by atoms with Gasteiger partial charge >= 0.3 is 24.7 Å². The Morgan fingerprint density at radius 2 is 0.521 bits per heavy atom. The van der Waals surface area contributed by atoms with E-state index in [1.54, 1.807) is 140 Å². The third-order valence-corrected chi connectivity index (χ3v) is 19.1. The predicted molar refractivity (Wildman–Crippen MR) is 491 cm³/mol. The summed E-state index contributed by atoms with van der Waals surface area (Å²) in [5.41, 5.74) is 4.66. The average molecular weight is 2710 g/mol. The molecule has 4 N–H and O–H groups in total. The molecule has 0 fully saturated rings. The largest absolute Gasteiger partial charge is 0.507 e. The maximum atomic E-state index is 12.9. The van der Waals surface area contributed by atoms with Crippen molar-refractivity contribution in [1.82, 2.24) is 80.7 Å². The molecule has 20 aromatic rings. The van der Waals surface area contributed by atoms with Crippen LogP contribution in [0.2, 0.25) is 0 Å². The third kappa shape index (κ3) is 32.2. The summed E-state index contributed by atoms with van der Waals surface area (Å²) in [6.45, 7) is 5.84. The van der Waals surface area contributed by atoms with Crippen LogP contribution in [0, 0.1) is 63.9 Å². The molecule has 0 aliphatic carbocycles. The van der Waals surface area contributed by atoms with Crippen molar-refractivity contribution in [1.29, 1.82) is 0 Å². The SMILES string of the molecule is Cc1cc(-c2cccc(F)n2)[c-]c(C(F)(F)F)n1.Cc1cc(-c2ccccn2)[c-]c(C(F)(F)F)n1.Cc1nc(C(F)(F)F)c[c-]c1-c1cccc(F)n1.Cc1nc(C(F)(F)F)c[c-]c1-c1ccccn1.Oc1ccccc1-c1nnc(-c2ccccc2)o1.Oc1ccccc1-c1nnc(-c2ccccc2)o1.Oc1ccccc1-c1nnc(-c2ccccc2)o1.Oc1ccccc1-c1nnc(-c2ccccc2)o1.[Ir].[Ir].[Ir].[Ir]. The molecule has 146 heavy (non-hydrogen) atoms. The van der Waals surface area contributed by atoms with Crippen molar-refractivity contribution in [2.75, 3.05) is 0 Å². The number of rotatable bonds is 12. The Kier molecular flexibility index (Phi) is 41.4. The molecule has 0 unspecified atom stereocenters. The maximum Gasteiger partial charge on any atom is 0.421 e. The normalized spacial score (nSPS) is 10.7. The summed E-state index contributed by atoms with van der Waals surface area (Å²) in [5.74, 6) is 2.04. The van der Waals surface area contributed by atoms with Crippen LogP contribution in [-0.2, 0) is 105 Å². The molecule has 8 aromatic carbocycles. The van der Waals surface area contributed by atoms with Crippen LogP contribution in [0.15, 0.2) is 346 Å². The van der Waals surface area contributed by atoms with E-state index in [2.05, 4.69) is 105 Å². The number of halogens is 14. The minimum absolute atomic E-state index is 0. The van der Waals surface area contributed by atoms with Crippen molar-refractivity contribution >= 4 is 0 Å². The number of aryl methyl sites for hydroxylation is 4. The second-order valence-corrected chi connectivity index (χ2v) is 29.4. The molecule has 0 aliphatic heterocycles. The number of hydrogen-bond donors (Lipinski definition) is 4. The third-order valence-electron chi connectivity index (χ3n) is 19.1. The zero-order valence-corrected chi connectivity index (χ0v) is 85.0. The summed E-state index contributed by atoms with van der Waals surface area (Å²) < 4.78 is 198. The quantitative estimate of drug-likeness (QED) is 0.0501. The van der Waals surface area contributed by atoms with Gasteiger partial charge < -0.3 is 58.0 Å². The first kappa shape index (κ1) is 114. The molecule has 12 heterocycles. The van der Waals surface area contributed by atoms with Gasteiger partial charge in [-0.05, 0) is 181 Å². The molecular weight excluding hydrogens is 2640 g/mol. The standard InChI is InChI=1S/4C14H10N2O2.2C12H7F4N2.2C12H8F3N2.4Ir/c4*17-12-9-5-4-8-11(12)14-16-15-13(18-14)10-6-2-1-3-7-10;1-7-5-8(6-10(17-7)12(14,15)16)9-3-2-4-11(13)18-9;1-7-8(9-3-2-4-11(13)18-9)5-6-10(17-7)12(14,15)16;1-8-9(10-4-2-3-7-16-10)5-6-11(17-8)12(13,14)15;1-8-6-9(10-4-2-3-5-16-10)7-11(17-8)12(13,14)15;;;;/h4*1-9,17H;2-5H,1H3;2-4,6H,1H3;2-4,6-7H,1H3;2-6H,1H3;;;;/q;;;;4*-1;;;;. The summed E-state index contributed by atoms with van der Waals surface area (Å²) in [6, 6.07) is 97.5. The van der Waals surface area contributed by atoms with Crippen LogP contribution < -0.4 is 0 Å². The first-order valence-electron chi connectivity index (χ1n) is 41.7. The summed E-state index contributed by atoms with van der Waals surface area (Å²) in [5, 5.41) is 70.6. The van der Waals surface area contributed by atoms with Crippen molar-refractivity contribution < 1.29 is 180 Å². The minimum Gasteiger partial charge on any atom is -0.507 e. The number of para-hydroxylation sites is 4. The molecule has 752 valence electrons. The molecule has 0 saturated carbocycles. The number of pyridine rings is 8. The second-order valence-electron chi connectivity index (χ2n) is 29.4. The van der Waals surface area contributed by atoms with Crippen LogP contribution in [0.3, 0.4) is 0 Å². The molecule has 0 saturated heterocycles. The number of nitrogens with zero attached hydrogens (tertiary/aromatic N) is 16. The molecule has 12 aromatic heterocycles. The van der Waals surface area contributed by atoms with Gasteiger partial charge in [0.25, 0.3) is 23.6 Å². The fourth-order valence-corrected chi connectivity index (χ4v) is 12.5. The van der Waals surface area contributed by atoms with Crippen LogP contribution in [0.25, 0.3) is 137 Å². The first-order valence-corrected chi connectivity index (χ1v) is 41.7. The van der Waals surface area contributed by atoms with Crippen LogP contribution in [0.4, 0.5) is 61.5 Å². The molecule has 0 atom stereocenters. The van der Waals surface area contributed by atoms with Crippen molar-refractivity contribution in [3.05, 3.63) is 410 Å². The zero-order chi connectivity index (χ0) is 101. The van der Waals surface area contributed by atoms with Gasteiger partial charge in [-0.3, -0.25) is 19.9 Å². The van der Waals surface area contributed by atoms with Crippen molar-refractivity contribution in [2.24, 2.45) is 0 Å². The van der Waals surface area contributed by atoms with E-state index in [4.69, 9.17) is 17.7 Å². The fourth-order valence-electron chi connectivity index (χ4n) is 12.5. The summed E-state index contributed by atoms with van der Waals surface area (Å²) in [4.78, 5) is 28.9. The molecule has 0 aliphatic rings.